The quantitative estimate of drug-likeness (QED) is 0.481. The molecule has 20 heavy (non-hydrogen) atoms. The second-order valence-corrected chi connectivity index (χ2v) is 9.22. The third kappa shape index (κ3) is 1.49. The summed E-state index contributed by atoms with van der Waals surface area (Å²) in [6.45, 7) is 12.1. The normalized spacial score (nSPS) is 49.4. The predicted molar refractivity (Wildman–Crippen MR) is 85.5 cm³/mol. The fourth-order valence-corrected chi connectivity index (χ4v) is 6.94. The molecule has 0 heterocycles. The second-order valence-electron chi connectivity index (χ2n) is 9.22. The molecule has 0 N–H and O–H groups in total. The predicted octanol–water partition coefficient (Wildman–Crippen LogP) is 5.90. The molecule has 0 nitrogen and oxygen atoms in total. The van der Waals surface area contributed by atoms with Gasteiger partial charge in [0, 0.05) is 0 Å². The monoisotopic (exact) mass is 270 g/mol. The lowest BCUT2D eigenvalue weighted by Gasteiger charge is -2.60. The third-order valence-corrected chi connectivity index (χ3v) is 7.71. The van der Waals surface area contributed by atoms with Crippen molar-refractivity contribution in [3.63, 3.8) is 0 Å². The van der Waals surface area contributed by atoms with Crippen LogP contribution >= 0.6 is 0 Å². The Kier molecular flexibility index (Phi) is 2.51. The highest BCUT2D eigenvalue weighted by Crippen LogP contribution is 2.70. The summed E-state index contributed by atoms with van der Waals surface area (Å²) in [5.74, 6) is 1.72. The molecule has 0 radical (unpaired) electrons. The Morgan fingerprint density at radius 3 is 2.75 bits per heavy atom. The standard InChI is InChI=1S/C20H30/c1-14-12-20-11-8-16-18(2,3)9-5-10-19(16,4)17(20)7-6-15(14)13-20/h7,15-16H,1,5-6,8-13H2,2-4H3/t15-,16-,19-,20-/m1/s1. The molecule has 110 valence electrons. The van der Waals surface area contributed by atoms with Gasteiger partial charge >= 0.3 is 0 Å². The summed E-state index contributed by atoms with van der Waals surface area (Å²) in [4.78, 5) is 0. The third-order valence-electron chi connectivity index (χ3n) is 7.71. The van der Waals surface area contributed by atoms with E-state index in [9.17, 15) is 0 Å². The molecular weight excluding hydrogens is 240 g/mol. The van der Waals surface area contributed by atoms with Gasteiger partial charge in [0.15, 0.2) is 0 Å². The maximum absolute atomic E-state index is 4.40. The summed E-state index contributed by atoms with van der Waals surface area (Å²) in [7, 11) is 0. The highest BCUT2D eigenvalue weighted by atomic mass is 14.6. The Bertz CT molecular complexity index is 494. The van der Waals surface area contributed by atoms with Crippen LogP contribution in [0.3, 0.4) is 0 Å². The molecule has 0 heteroatoms. The van der Waals surface area contributed by atoms with E-state index in [2.05, 4.69) is 33.4 Å². The van der Waals surface area contributed by atoms with E-state index in [0.717, 1.165) is 11.8 Å². The van der Waals surface area contributed by atoms with Crippen LogP contribution in [0.1, 0.15) is 72.1 Å². The average molecular weight is 270 g/mol. The van der Waals surface area contributed by atoms with Crippen LogP contribution in [0.5, 0.6) is 0 Å². The molecular formula is C20H30. The van der Waals surface area contributed by atoms with Crippen LogP contribution in [0.4, 0.5) is 0 Å². The summed E-state index contributed by atoms with van der Waals surface area (Å²) < 4.78 is 0. The van der Waals surface area contributed by atoms with Crippen molar-refractivity contribution in [2.45, 2.75) is 72.1 Å². The molecule has 0 aromatic heterocycles. The van der Waals surface area contributed by atoms with Gasteiger partial charge in [-0.15, -0.1) is 0 Å². The minimum absolute atomic E-state index is 0.496. The minimum atomic E-state index is 0.496. The van der Waals surface area contributed by atoms with Crippen LogP contribution in [0.2, 0.25) is 0 Å². The number of fused-ring (bicyclic) bond motifs is 3. The maximum atomic E-state index is 4.40. The van der Waals surface area contributed by atoms with E-state index < -0.39 is 0 Å². The van der Waals surface area contributed by atoms with E-state index in [4.69, 9.17) is 0 Å². The number of rotatable bonds is 0. The average Bonchev–Trinajstić information content (AvgIpc) is 2.58. The van der Waals surface area contributed by atoms with Crippen molar-refractivity contribution in [3.8, 4) is 0 Å². The van der Waals surface area contributed by atoms with E-state index in [-0.39, 0.29) is 0 Å². The molecule has 0 aromatic rings. The summed E-state index contributed by atoms with van der Waals surface area (Å²) in [6.07, 6.45) is 13.9. The molecule has 4 rings (SSSR count). The SMILES string of the molecule is C=C1C[C@@]23CC[C@@H]4C(C)(C)CCC[C@@]4(C)C2=CC[C@@H]1C3. The van der Waals surface area contributed by atoms with Crippen molar-refractivity contribution < 1.29 is 0 Å². The van der Waals surface area contributed by atoms with Gasteiger partial charge in [-0.05, 0) is 73.0 Å². The van der Waals surface area contributed by atoms with Crippen molar-refractivity contribution in [2.75, 3.05) is 0 Å². The summed E-state index contributed by atoms with van der Waals surface area (Å²) in [6, 6.07) is 0. The number of hydrogen-bond donors (Lipinski definition) is 0. The highest BCUT2D eigenvalue weighted by molar-refractivity contribution is 5.37. The molecule has 3 saturated carbocycles. The van der Waals surface area contributed by atoms with Crippen molar-refractivity contribution in [1.82, 2.24) is 0 Å². The van der Waals surface area contributed by atoms with Crippen molar-refractivity contribution in [1.29, 1.82) is 0 Å². The lowest BCUT2D eigenvalue weighted by molar-refractivity contribution is -0.0307. The van der Waals surface area contributed by atoms with Crippen molar-refractivity contribution in [3.05, 3.63) is 23.8 Å². The lowest BCUT2D eigenvalue weighted by Crippen LogP contribution is -2.51. The molecule has 0 aromatic carbocycles. The van der Waals surface area contributed by atoms with Crippen LogP contribution < -0.4 is 0 Å². The van der Waals surface area contributed by atoms with Gasteiger partial charge in [-0.1, -0.05) is 51.0 Å². The van der Waals surface area contributed by atoms with Crippen molar-refractivity contribution >= 4 is 0 Å². The Morgan fingerprint density at radius 2 is 1.95 bits per heavy atom. The summed E-state index contributed by atoms with van der Waals surface area (Å²) >= 11 is 0. The van der Waals surface area contributed by atoms with Crippen LogP contribution in [0, 0.1) is 28.1 Å². The molecule has 4 atom stereocenters. The van der Waals surface area contributed by atoms with Crippen LogP contribution in [0.15, 0.2) is 23.8 Å². The van der Waals surface area contributed by atoms with E-state index in [1.54, 1.807) is 5.57 Å². The zero-order valence-electron chi connectivity index (χ0n) is 13.6. The Labute approximate surface area is 124 Å². The first-order valence-corrected chi connectivity index (χ1v) is 8.76. The fourth-order valence-electron chi connectivity index (χ4n) is 6.94. The van der Waals surface area contributed by atoms with E-state index in [1.165, 1.54) is 51.4 Å². The van der Waals surface area contributed by atoms with Crippen LogP contribution in [-0.2, 0) is 0 Å². The van der Waals surface area contributed by atoms with Gasteiger partial charge in [0.2, 0.25) is 0 Å². The number of hydrogen-bond acceptors (Lipinski definition) is 0. The zero-order valence-corrected chi connectivity index (χ0v) is 13.6. The minimum Gasteiger partial charge on any atom is -0.0995 e. The lowest BCUT2D eigenvalue weighted by atomic mass is 9.44. The van der Waals surface area contributed by atoms with Crippen LogP contribution in [-0.4, -0.2) is 0 Å². The highest BCUT2D eigenvalue weighted by Gasteiger charge is 2.59. The van der Waals surface area contributed by atoms with Gasteiger partial charge in [-0.25, -0.2) is 0 Å². The van der Waals surface area contributed by atoms with E-state index in [1.807, 2.05) is 5.57 Å². The zero-order chi connectivity index (χ0) is 14.2. The Morgan fingerprint density at radius 1 is 1.15 bits per heavy atom. The first kappa shape index (κ1) is 13.2. The van der Waals surface area contributed by atoms with Gasteiger partial charge in [0.25, 0.3) is 0 Å². The Balaban J connectivity index is 1.80. The van der Waals surface area contributed by atoms with Gasteiger partial charge in [-0.3, -0.25) is 0 Å². The second kappa shape index (κ2) is 3.81. The molecule has 0 aliphatic heterocycles. The molecule has 3 fully saturated rings. The smallest absolute Gasteiger partial charge is 0.00395 e. The van der Waals surface area contributed by atoms with Crippen LogP contribution in [0.25, 0.3) is 0 Å². The molecule has 4 aliphatic rings. The Hall–Kier alpha value is -0.520. The van der Waals surface area contributed by atoms with Gasteiger partial charge in [-0.2, -0.15) is 0 Å². The van der Waals surface area contributed by atoms with E-state index >= 15 is 0 Å². The van der Waals surface area contributed by atoms with E-state index in [0.29, 0.717) is 16.2 Å². The maximum Gasteiger partial charge on any atom is -0.00395 e. The first-order valence-electron chi connectivity index (χ1n) is 8.76. The fraction of sp³-hybridized carbons (Fsp3) is 0.800. The molecule has 4 aliphatic carbocycles. The van der Waals surface area contributed by atoms with Gasteiger partial charge < -0.3 is 0 Å². The molecule has 0 saturated heterocycles. The first-order chi connectivity index (χ1) is 9.37. The summed E-state index contributed by atoms with van der Waals surface area (Å²) in [5.41, 5.74) is 5.02. The topological polar surface area (TPSA) is 0 Å². The molecule has 1 spiro atoms. The number of allylic oxidation sites excluding steroid dienone is 3. The molecule has 0 amide bonds. The molecule has 2 bridgehead atoms. The van der Waals surface area contributed by atoms with Gasteiger partial charge in [0.1, 0.15) is 0 Å². The molecule has 0 unspecified atom stereocenters. The van der Waals surface area contributed by atoms with Crippen molar-refractivity contribution in [2.24, 2.45) is 28.1 Å². The summed E-state index contributed by atoms with van der Waals surface area (Å²) in [5, 5.41) is 0. The van der Waals surface area contributed by atoms with Gasteiger partial charge in [0.05, 0.1) is 0 Å². The largest absolute Gasteiger partial charge is 0.0995 e.